The molecule has 2 N–H and O–H groups in total. The Morgan fingerprint density at radius 1 is 1.35 bits per heavy atom. The molecule has 3 amide bonds. The van der Waals surface area contributed by atoms with Gasteiger partial charge < -0.3 is 15.1 Å². The number of benzene rings is 1. The second kappa shape index (κ2) is 6.82. The van der Waals surface area contributed by atoms with Crippen molar-refractivity contribution in [2.24, 2.45) is 0 Å². The zero-order valence-corrected chi connectivity index (χ0v) is 14.9. The Labute approximate surface area is 152 Å². The molecule has 1 fully saturated rings. The fourth-order valence-corrected chi connectivity index (χ4v) is 3.69. The average molecular weight is 353 g/mol. The van der Waals surface area contributed by atoms with Gasteiger partial charge in [0.1, 0.15) is 0 Å². The van der Waals surface area contributed by atoms with E-state index in [1.165, 1.54) is 0 Å². The molecule has 1 aromatic carbocycles. The molecule has 2 aliphatic rings. The van der Waals surface area contributed by atoms with E-state index in [9.17, 15) is 9.59 Å². The van der Waals surface area contributed by atoms with Crippen LogP contribution in [0.2, 0.25) is 0 Å². The smallest absolute Gasteiger partial charge is 0.318 e. The Kier molecular flexibility index (Phi) is 4.36. The number of hydrogen-bond donors (Lipinski definition) is 2. The van der Waals surface area contributed by atoms with Crippen LogP contribution in [0.4, 0.5) is 4.79 Å². The van der Waals surface area contributed by atoms with Crippen molar-refractivity contribution < 1.29 is 9.59 Å². The monoisotopic (exact) mass is 353 g/mol. The minimum Gasteiger partial charge on any atom is -0.336 e. The number of fused-ring (bicyclic) bond motifs is 1. The number of amides is 3. The molecular formula is C19H23N5O2. The number of aromatic nitrogens is 2. The van der Waals surface area contributed by atoms with E-state index in [0.29, 0.717) is 32.6 Å². The van der Waals surface area contributed by atoms with Crippen molar-refractivity contribution in [1.82, 2.24) is 25.3 Å². The summed E-state index contributed by atoms with van der Waals surface area (Å²) in [6, 6.07) is 9.69. The lowest BCUT2D eigenvalue weighted by Crippen LogP contribution is -2.47. The van der Waals surface area contributed by atoms with Crippen LogP contribution in [0.25, 0.3) is 0 Å². The Morgan fingerprint density at radius 3 is 2.96 bits per heavy atom. The minimum absolute atomic E-state index is 0.0887. The van der Waals surface area contributed by atoms with E-state index in [-0.39, 0.29) is 18.0 Å². The highest BCUT2D eigenvalue weighted by Crippen LogP contribution is 2.20. The van der Waals surface area contributed by atoms with Gasteiger partial charge in [0.2, 0.25) is 5.91 Å². The first-order valence-electron chi connectivity index (χ1n) is 9.00. The van der Waals surface area contributed by atoms with Crippen LogP contribution in [0, 0.1) is 6.92 Å². The quantitative estimate of drug-likeness (QED) is 0.879. The number of aromatic amines is 1. The largest absolute Gasteiger partial charge is 0.336 e. The summed E-state index contributed by atoms with van der Waals surface area (Å²) in [5.74, 6) is 0.0887. The van der Waals surface area contributed by atoms with E-state index in [1.807, 2.05) is 42.2 Å². The summed E-state index contributed by atoms with van der Waals surface area (Å²) < 4.78 is 0. The van der Waals surface area contributed by atoms with E-state index in [0.717, 1.165) is 28.9 Å². The van der Waals surface area contributed by atoms with E-state index >= 15 is 0 Å². The molecule has 26 heavy (non-hydrogen) atoms. The van der Waals surface area contributed by atoms with E-state index in [4.69, 9.17) is 0 Å². The zero-order chi connectivity index (χ0) is 18.1. The van der Waals surface area contributed by atoms with Gasteiger partial charge in [0.05, 0.1) is 18.3 Å². The van der Waals surface area contributed by atoms with Gasteiger partial charge in [-0.05, 0) is 12.5 Å². The highest BCUT2D eigenvalue weighted by Gasteiger charge is 2.32. The van der Waals surface area contributed by atoms with Crippen molar-refractivity contribution in [2.75, 3.05) is 13.1 Å². The number of nitrogens with one attached hydrogen (secondary N) is 2. The Bertz CT molecular complexity index is 817. The van der Waals surface area contributed by atoms with Crippen molar-refractivity contribution in [2.45, 2.75) is 38.9 Å². The first kappa shape index (κ1) is 16.6. The van der Waals surface area contributed by atoms with Crippen LogP contribution >= 0.6 is 0 Å². The molecule has 0 saturated carbocycles. The molecule has 0 bridgehead atoms. The second-order valence-electron chi connectivity index (χ2n) is 7.06. The molecule has 3 heterocycles. The van der Waals surface area contributed by atoms with E-state index in [2.05, 4.69) is 15.5 Å². The van der Waals surface area contributed by atoms with Gasteiger partial charge in [0.15, 0.2) is 0 Å². The molecule has 0 radical (unpaired) electrons. The lowest BCUT2D eigenvalue weighted by atomic mass is 10.1. The van der Waals surface area contributed by atoms with Crippen LogP contribution < -0.4 is 5.32 Å². The highest BCUT2D eigenvalue weighted by atomic mass is 16.2. The molecule has 1 atom stereocenters. The highest BCUT2D eigenvalue weighted by molar-refractivity contribution is 5.81. The topological polar surface area (TPSA) is 81.3 Å². The van der Waals surface area contributed by atoms with Crippen LogP contribution in [0.5, 0.6) is 0 Å². The van der Waals surface area contributed by atoms with Crippen LogP contribution in [0.1, 0.15) is 28.9 Å². The number of rotatable bonds is 3. The molecule has 136 valence electrons. The van der Waals surface area contributed by atoms with Crippen molar-refractivity contribution in [1.29, 1.82) is 0 Å². The lowest BCUT2D eigenvalue weighted by Gasteiger charge is -2.28. The number of urea groups is 1. The normalized spacial score (nSPS) is 19.6. The third-order valence-corrected chi connectivity index (χ3v) is 5.17. The van der Waals surface area contributed by atoms with E-state index in [1.54, 1.807) is 4.90 Å². The number of aryl methyl sites for hydroxylation is 1. The predicted molar refractivity (Wildman–Crippen MR) is 96.2 cm³/mol. The van der Waals surface area contributed by atoms with Crippen molar-refractivity contribution in [3.8, 4) is 0 Å². The van der Waals surface area contributed by atoms with Gasteiger partial charge in [-0.2, -0.15) is 5.10 Å². The third kappa shape index (κ3) is 3.29. The Morgan fingerprint density at radius 2 is 2.15 bits per heavy atom. The SMILES string of the molecule is Cc1[nH]nc2c1CN(C(=O)NC1CC(=O)N(Cc3ccccc3)C1)CC2. The maximum absolute atomic E-state index is 12.6. The maximum Gasteiger partial charge on any atom is 0.318 e. The third-order valence-electron chi connectivity index (χ3n) is 5.17. The second-order valence-corrected chi connectivity index (χ2v) is 7.06. The average Bonchev–Trinajstić information content (AvgIpc) is 3.18. The summed E-state index contributed by atoms with van der Waals surface area (Å²) in [5.41, 5.74) is 4.28. The molecule has 1 unspecified atom stereocenters. The van der Waals surface area contributed by atoms with Crippen molar-refractivity contribution >= 4 is 11.9 Å². The molecular weight excluding hydrogens is 330 g/mol. The van der Waals surface area contributed by atoms with Gasteiger partial charge in [0, 0.05) is 43.7 Å². The van der Waals surface area contributed by atoms with Crippen molar-refractivity contribution in [3.05, 3.63) is 52.8 Å². The molecule has 7 heteroatoms. The van der Waals surface area contributed by atoms with Gasteiger partial charge >= 0.3 is 6.03 Å². The minimum atomic E-state index is -0.134. The van der Waals surface area contributed by atoms with Gasteiger partial charge in [-0.1, -0.05) is 30.3 Å². The summed E-state index contributed by atoms with van der Waals surface area (Å²) in [6.45, 7) is 4.34. The molecule has 2 aliphatic heterocycles. The number of nitrogens with zero attached hydrogens (tertiary/aromatic N) is 3. The first-order valence-corrected chi connectivity index (χ1v) is 9.00. The van der Waals surface area contributed by atoms with Gasteiger partial charge in [-0.15, -0.1) is 0 Å². The van der Waals surface area contributed by atoms with Gasteiger partial charge in [0.25, 0.3) is 0 Å². The zero-order valence-electron chi connectivity index (χ0n) is 14.9. The molecule has 1 saturated heterocycles. The number of carbonyl (C=O) groups is 2. The summed E-state index contributed by atoms with van der Waals surface area (Å²) >= 11 is 0. The fourth-order valence-electron chi connectivity index (χ4n) is 3.69. The van der Waals surface area contributed by atoms with Crippen LogP contribution in [0.15, 0.2) is 30.3 Å². The lowest BCUT2D eigenvalue weighted by molar-refractivity contribution is -0.128. The Hall–Kier alpha value is -2.83. The van der Waals surface area contributed by atoms with Crippen LogP contribution in [-0.2, 0) is 24.3 Å². The standard InChI is InChI=1S/C19H23N5O2/c1-13-16-12-23(8-7-17(16)22-21-13)19(26)20-15-9-18(25)24(11-15)10-14-5-3-2-4-6-14/h2-6,15H,7-12H2,1H3,(H,20,26)(H,21,22). The summed E-state index contributed by atoms with van der Waals surface area (Å²) in [5, 5.41) is 10.3. The summed E-state index contributed by atoms with van der Waals surface area (Å²) in [4.78, 5) is 28.5. The molecule has 4 rings (SSSR count). The molecule has 0 spiro atoms. The van der Waals surface area contributed by atoms with Gasteiger partial charge in [-0.25, -0.2) is 4.79 Å². The summed E-state index contributed by atoms with van der Waals surface area (Å²) in [6.07, 6.45) is 1.12. The summed E-state index contributed by atoms with van der Waals surface area (Å²) in [7, 11) is 0. The molecule has 7 nitrogen and oxygen atoms in total. The van der Waals surface area contributed by atoms with E-state index < -0.39 is 0 Å². The molecule has 2 aromatic rings. The molecule has 0 aliphatic carbocycles. The fraction of sp³-hybridized carbons (Fsp3) is 0.421. The van der Waals surface area contributed by atoms with Crippen LogP contribution in [-0.4, -0.2) is 51.1 Å². The van der Waals surface area contributed by atoms with Crippen molar-refractivity contribution in [3.63, 3.8) is 0 Å². The Balaban J connectivity index is 1.34. The number of carbonyl (C=O) groups excluding carboxylic acids is 2. The number of H-pyrrole nitrogens is 1. The first-order chi connectivity index (χ1) is 12.6. The predicted octanol–water partition coefficient (Wildman–Crippen LogP) is 1.59. The van der Waals surface area contributed by atoms with Gasteiger partial charge in [-0.3, -0.25) is 9.89 Å². The maximum atomic E-state index is 12.6. The number of hydrogen-bond acceptors (Lipinski definition) is 3. The molecule has 1 aromatic heterocycles. The van der Waals surface area contributed by atoms with Crippen LogP contribution in [0.3, 0.4) is 0 Å². The number of likely N-dealkylation sites (tertiary alicyclic amines) is 1.